The lowest BCUT2D eigenvalue weighted by atomic mass is 10.2. The first kappa shape index (κ1) is 14.5. The molecule has 2 aromatic rings. The van der Waals surface area contributed by atoms with Gasteiger partial charge in [-0.15, -0.1) is 0 Å². The number of amides is 1. The molecule has 2 rings (SSSR count). The van der Waals surface area contributed by atoms with Crippen molar-refractivity contribution in [3.8, 4) is 6.07 Å². The second-order valence-electron chi connectivity index (χ2n) is 4.20. The van der Waals surface area contributed by atoms with E-state index in [0.717, 1.165) is 5.56 Å². The molecule has 0 radical (unpaired) electrons. The predicted molar refractivity (Wildman–Crippen MR) is 76.4 cm³/mol. The van der Waals surface area contributed by atoms with Crippen LogP contribution in [0.1, 0.15) is 23.9 Å². The fraction of sp³-hybridized carbons (Fsp3) is 0.200. The maximum absolute atomic E-state index is 11.8. The lowest BCUT2D eigenvalue weighted by Crippen LogP contribution is -2.16. The molecule has 0 bridgehead atoms. The van der Waals surface area contributed by atoms with Crippen molar-refractivity contribution < 1.29 is 9.53 Å². The Labute approximate surface area is 122 Å². The van der Waals surface area contributed by atoms with E-state index in [2.05, 4.69) is 15.3 Å². The minimum Gasteiger partial charge on any atom is -0.444 e. The van der Waals surface area contributed by atoms with E-state index >= 15 is 0 Å². The van der Waals surface area contributed by atoms with E-state index < -0.39 is 6.09 Å². The molecule has 0 saturated carbocycles. The van der Waals surface area contributed by atoms with Gasteiger partial charge in [-0.05, 0) is 5.56 Å². The van der Waals surface area contributed by atoms with Gasteiger partial charge in [-0.3, -0.25) is 5.32 Å². The Morgan fingerprint density at radius 3 is 2.81 bits per heavy atom. The molecule has 0 saturated heterocycles. The van der Waals surface area contributed by atoms with Gasteiger partial charge in [0.2, 0.25) is 0 Å². The van der Waals surface area contributed by atoms with E-state index in [0.29, 0.717) is 12.2 Å². The van der Waals surface area contributed by atoms with E-state index in [1.807, 2.05) is 43.3 Å². The summed E-state index contributed by atoms with van der Waals surface area (Å²) in [4.78, 5) is 19.9. The summed E-state index contributed by atoms with van der Waals surface area (Å²) in [6, 6.07) is 11.3. The van der Waals surface area contributed by atoms with Gasteiger partial charge in [-0.2, -0.15) is 5.26 Å². The molecule has 0 fully saturated rings. The normalized spacial score (nSPS) is 9.71. The van der Waals surface area contributed by atoms with Gasteiger partial charge in [0.1, 0.15) is 24.1 Å². The molecule has 0 atom stereocenters. The molecule has 0 spiro atoms. The van der Waals surface area contributed by atoms with Gasteiger partial charge in [0, 0.05) is 6.42 Å². The van der Waals surface area contributed by atoms with Crippen LogP contribution in [0.2, 0.25) is 0 Å². The van der Waals surface area contributed by atoms with Crippen LogP contribution in [0.25, 0.3) is 0 Å². The molecule has 0 aliphatic rings. The van der Waals surface area contributed by atoms with Crippen molar-refractivity contribution in [1.29, 1.82) is 5.26 Å². The van der Waals surface area contributed by atoms with Crippen LogP contribution in [-0.2, 0) is 17.8 Å². The number of hydrogen-bond donors (Lipinski definition) is 1. The number of aromatic nitrogens is 2. The molecule has 6 heteroatoms. The minimum atomic E-state index is -0.656. The van der Waals surface area contributed by atoms with E-state index in [-0.39, 0.29) is 18.0 Å². The Hall–Kier alpha value is -2.94. The van der Waals surface area contributed by atoms with Crippen molar-refractivity contribution in [3.05, 3.63) is 53.5 Å². The maximum Gasteiger partial charge on any atom is 0.413 e. The molecule has 1 heterocycles. The van der Waals surface area contributed by atoms with Crippen molar-refractivity contribution in [3.63, 3.8) is 0 Å². The lowest BCUT2D eigenvalue weighted by molar-refractivity contribution is 0.155. The van der Waals surface area contributed by atoms with Crippen molar-refractivity contribution >= 4 is 11.9 Å². The molecule has 1 aromatic carbocycles. The van der Waals surface area contributed by atoms with E-state index in [9.17, 15) is 4.79 Å². The zero-order chi connectivity index (χ0) is 15.1. The van der Waals surface area contributed by atoms with E-state index in [4.69, 9.17) is 10.00 Å². The first-order valence-electron chi connectivity index (χ1n) is 6.46. The number of nitrogens with zero attached hydrogens (tertiary/aromatic N) is 3. The maximum atomic E-state index is 11.8. The van der Waals surface area contributed by atoms with Crippen LogP contribution in [0.5, 0.6) is 0 Å². The van der Waals surface area contributed by atoms with Crippen molar-refractivity contribution in [1.82, 2.24) is 9.97 Å². The van der Waals surface area contributed by atoms with Gasteiger partial charge in [0.15, 0.2) is 5.82 Å². The number of carbonyl (C=O) groups excluding carboxylic acids is 1. The predicted octanol–water partition coefficient (Wildman–Crippen LogP) is 2.66. The summed E-state index contributed by atoms with van der Waals surface area (Å²) in [5.74, 6) is 0.717. The quantitative estimate of drug-likeness (QED) is 0.931. The smallest absolute Gasteiger partial charge is 0.413 e. The topological polar surface area (TPSA) is 87.9 Å². The van der Waals surface area contributed by atoms with Gasteiger partial charge in [0.05, 0.1) is 6.20 Å². The summed E-state index contributed by atoms with van der Waals surface area (Å²) in [5, 5.41) is 11.5. The van der Waals surface area contributed by atoms with Gasteiger partial charge < -0.3 is 4.74 Å². The summed E-state index contributed by atoms with van der Waals surface area (Å²) < 4.78 is 5.09. The molecule has 1 aromatic heterocycles. The second kappa shape index (κ2) is 7.01. The Balaban J connectivity index is 2.01. The highest BCUT2D eigenvalue weighted by molar-refractivity contribution is 5.84. The summed E-state index contributed by atoms with van der Waals surface area (Å²) in [5.41, 5.74) is 1.08. The average Bonchev–Trinajstić information content (AvgIpc) is 2.54. The highest BCUT2D eigenvalue weighted by Gasteiger charge is 2.11. The number of ether oxygens (including phenoxy) is 1. The molecule has 106 valence electrons. The standard InChI is InChI=1S/C15H14N4O2/c1-2-13-17-9-12(8-16)14(18-13)19-15(20)21-10-11-6-4-3-5-7-11/h3-7,9H,2,10H2,1H3,(H,17,18,19,20). The molecule has 21 heavy (non-hydrogen) atoms. The zero-order valence-electron chi connectivity index (χ0n) is 11.5. The molecule has 1 amide bonds. The summed E-state index contributed by atoms with van der Waals surface area (Å²) in [6.45, 7) is 2.04. The molecule has 0 aliphatic heterocycles. The van der Waals surface area contributed by atoms with Crippen LogP contribution in [0, 0.1) is 11.3 Å². The molecule has 0 aliphatic carbocycles. The summed E-state index contributed by atoms with van der Waals surface area (Å²) in [6.07, 6.45) is 1.34. The third-order valence-corrected chi connectivity index (χ3v) is 2.71. The fourth-order valence-electron chi connectivity index (χ4n) is 1.62. The molecular weight excluding hydrogens is 268 g/mol. The van der Waals surface area contributed by atoms with Crippen LogP contribution in [0.3, 0.4) is 0 Å². The van der Waals surface area contributed by atoms with Crippen LogP contribution in [0.4, 0.5) is 10.6 Å². The molecule has 0 unspecified atom stereocenters. The lowest BCUT2D eigenvalue weighted by Gasteiger charge is -2.08. The number of hydrogen-bond acceptors (Lipinski definition) is 5. The number of carbonyl (C=O) groups is 1. The summed E-state index contributed by atoms with van der Waals surface area (Å²) in [7, 11) is 0. The van der Waals surface area contributed by atoms with Crippen LogP contribution < -0.4 is 5.32 Å². The first-order chi connectivity index (χ1) is 10.2. The monoisotopic (exact) mass is 282 g/mol. The van der Waals surface area contributed by atoms with Crippen molar-refractivity contribution in [2.24, 2.45) is 0 Å². The minimum absolute atomic E-state index is 0.153. The van der Waals surface area contributed by atoms with Crippen LogP contribution >= 0.6 is 0 Å². The molecular formula is C15H14N4O2. The second-order valence-corrected chi connectivity index (χ2v) is 4.20. The number of aryl methyl sites for hydroxylation is 1. The van der Waals surface area contributed by atoms with Crippen LogP contribution in [-0.4, -0.2) is 16.1 Å². The average molecular weight is 282 g/mol. The van der Waals surface area contributed by atoms with Gasteiger partial charge in [0.25, 0.3) is 0 Å². The van der Waals surface area contributed by atoms with Gasteiger partial charge >= 0.3 is 6.09 Å². The number of benzene rings is 1. The van der Waals surface area contributed by atoms with Gasteiger partial charge in [-0.1, -0.05) is 37.3 Å². The number of rotatable bonds is 4. The number of anilines is 1. The van der Waals surface area contributed by atoms with Crippen molar-refractivity contribution in [2.45, 2.75) is 20.0 Å². The molecule has 6 nitrogen and oxygen atoms in total. The Bertz CT molecular complexity index is 665. The number of nitrogens with one attached hydrogen (secondary N) is 1. The van der Waals surface area contributed by atoms with E-state index in [1.165, 1.54) is 6.20 Å². The first-order valence-corrected chi connectivity index (χ1v) is 6.46. The highest BCUT2D eigenvalue weighted by Crippen LogP contribution is 2.11. The zero-order valence-corrected chi connectivity index (χ0v) is 11.5. The number of nitriles is 1. The SMILES string of the molecule is CCc1ncc(C#N)c(NC(=O)OCc2ccccc2)n1. The Morgan fingerprint density at radius 1 is 1.38 bits per heavy atom. The van der Waals surface area contributed by atoms with Crippen LogP contribution in [0.15, 0.2) is 36.5 Å². The Kier molecular flexibility index (Phi) is 4.83. The third kappa shape index (κ3) is 4.01. The Morgan fingerprint density at radius 2 is 2.14 bits per heavy atom. The fourth-order valence-corrected chi connectivity index (χ4v) is 1.62. The highest BCUT2D eigenvalue weighted by atomic mass is 16.5. The van der Waals surface area contributed by atoms with Crippen molar-refractivity contribution in [2.75, 3.05) is 5.32 Å². The third-order valence-electron chi connectivity index (χ3n) is 2.71. The van der Waals surface area contributed by atoms with Gasteiger partial charge in [-0.25, -0.2) is 14.8 Å². The largest absolute Gasteiger partial charge is 0.444 e. The summed E-state index contributed by atoms with van der Waals surface area (Å²) >= 11 is 0. The van der Waals surface area contributed by atoms with E-state index in [1.54, 1.807) is 0 Å². The molecule has 1 N–H and O–H groups in total.